The number of benzene rings is 2. The molecule has 1 saturated heterocycles. The molecule has 1 aliphatic heterocycles. The van der Waals surface area contributed by atoms with Crippen LogP contribution in [0, 0.1) is 0 Å². The molecule has 0 bridgehead atoms. The van der Waals surface area contributed by atoms with Crippen LogP contribution in [0.3, 0.4) is 0 Å². The topological polar surface area (TPSA) is 66.6 Å². The summed E-state index contributed by atoms with van der Waals surface area (Å²) in [6.45, 7) is 2.85. The Kier molecular flexibility index (Phi) is 5.02. The second-order valence-corrected chi connectivity index (χ2v) is 8.86. The van der Waals surface area contributed by atoms with E-state index in [0.29, 0.717) is 19.0 Å². The Morgan fingerprint density at radius 3 is 2.03 bits per heavy atom. The molecule has 6 rings (SSSR count). The van der Waals surface area contributed by atoms with Gasteiger partial charge in [0, 0.05) is 32.1 Å². The number of piperazine rings is 1. The standard InChI is InChI=1S/C26H26N6O/c33-26(24(19-7-3-1-4-8-19)20-9-5-2-6-10-20)31-17-15-30(16-18-31)23-14-13-22-27-28-25(21-11-12-21)32(22)29-23/h1-10,13-14,21,24H,11-12,15-18H2. The zero-order chi connectivity index (χ0) is 22.2. The van der Waals surface area contributed by atoms with Crippen molar-refractivity contribution in [2.75, 3.05) is 31.1 Å². The van der Waals surface area contributed by atoms with Crippen molar-refractivity contribution in [3.05, 3.63) is 89.7 Å². The highest BCUT2D eigenvalue weighted by Crippen LogP contribution is 2.38. The SMILES string of the molecule is O=C(C(c1ccccc1)c1ccccc1)N1CCN(c2ccc3nnc(C4CC4)n3n2)CC1. The van der Waals surface area contributed by atoms with Gasteiger partial charge in [-0.25, -0.2) is 0 Å². The Hall–Kier alpha value is -3.74. The molecule has 4 aromatic rings. The summed E-state index contributed by atoms with van der Waals surface area (Å²) in [5.41, 5.74) is 2.86. The molecule has 7 heteroatoms. The van der Waals surface area contributed by atoms with E-state index in [1.807, 2.05) is 82.2 Å². The number of hydrogen-bond acceptors (Lipinski definition) is 5. The largest absolute Gasteiger partial charge is 0.352 e. The Morgan fingerprint density at radius 1 is 0.788 bits per heavy atom. The number of nitrogens with zero attached hydrogens (tertiary/aromatic N) is 6. The molecular formula is C26H26N6O. The number of hydrogen-bond donors (Lipinski definition) is 0. The van der Waals surface area contributed by atoms with Crippen molar-refractivity contribution in [2.45, 2.75) is 24.7 Å². The van der Waals surface area contributed by atoms with Gasteiger partial charge in [0.05, 0.1) is 5.92 Å². The number of aromatic nitrogens is 4. The molecule has 2 aromatic carbocycles. The van der Waals surface area contributed by atoms with Crippen molar-refractivity contribution in [1.82, 2.24) is 24.7 Å². The van der Waals surface area contributed by atoms with Gasteiger partial charge in [-0.2, -0.15) is 4.52 Å². The van der Waals surface area contributed by atoms with Gasteiger partial charge in [0.1, 0.15) is 5.82 Å². The van der Waals surface area contributed by atoms with Crippen LogP contribution in [-0.4, -0.2) is 56.8 Å². The lowest BCUT2D eigenvalue weighted by Crippen LogP contribution is -2.50. The number of fused-ring (bicyclic) bond motifs is 1. The highest BCUT2D eigenvalue weighted by Gasteiger charge is 2.31. The molecular weight excluding hydrogens is 412 g/mol. The summed E-state index contributed by atoms with van der Waals surface area (Å²) in [5, 5.41) is 13.4. The molecule has 1 saturated carbocycles. The maximum Gasteiger partial charge on any atom is 0.234 e. The number of carbonyl (C=O) groups excluding carboxylic acids is 1. The van der Waals surface area contributed by atoms with E-state index in [1.165, 1.54) is 0 Å². The molecule has 166 valence electrons. The predicted molar refractivity (Wildman–Crippen MR) is 126 cm³/mol. The lowest BCUT2D eigenvalue weighted by atomic mass is 9.90. The van der Waals surface area contributed by atoms with E-state index in [1.54, 1.807) is 0 Å². The fourth-order valence-electron chi connectivity index (χ4n) is 4.67. The molecule has 0 atom stereocenters. The first-order valence-corrected chi connectivity index (χ1v) is 11.6. The van der Waals surface area contributed by atoms with Gasteiger partial charge >= 0.3 is 0 Å². The lowest BCUT2D eigenvalue weighted by molar-refractivity contribution is -0.132. The van der Waals surface area contributed by atoms with E-state index in [9.17, 15) is 4.79 Å². The summed E-state index contributed by atoms with van der Waals surface area (Å²) in [6, 6.07) is 24.1. The normalized spacial score (nSPS) is 16.5. The monoisotopic (exact) mass is 438 g/mol. The molecule has 0 radical (unpaired) electrons. The van der Waals surface area contributed by atoms with Crippen molar-refractivity contribution in [3.8, 4) is 0 Å². The molecule has 3 heterocycles. The van der Waals surface area contributed by atoms with E-state index in [-0.39, 0.29) is 11.8 Å². The quantitative estimate of drug-likeness (QED) is 0.477. The number of amides is 1. The fraction of sp³-hybridized carbons (Fsp3) is 0.308. The highest BCUT2D eigenvalue weighted by molar-refractivity contribution is 5.87. The molecule has 0 N–H and O–H groups in total. The van der Waals surface area contributed by atoms with Gasteiger partial charge in [-0.1, -0.05) is 60.7 Å². The average Bonchev–Trinajstić information content (AvgIpc) is 3.64. The second kappa shape index (κ2) is 8.31. The average molecular weight is 439 g/mol. The van der Waals surface area contributed by atoms with Crippen LogP contribution < -0.4 is 4.90 Å². The van der Waals surface area contributed by atoms with Crippen LogP contribution in [0.25, 0.3) is 5.65 Å². The van der Waals surface area contributed by atoms with Crippen LogP contribution >= 0.6 is 0 Å². The van der Waals surface area contributed by atoms with Gasteiger partial charge in [-0.15, -0.1) is 15.3 Å². The minimum Gasteiger partial charge on any atom is -0.352 e. The molecule has 0 spiro atoms. The van der Waals surface area contributed by atoms with Gasteiger partial charge in [0.2, 0.25) is 5.91 Å². The van der Waals surface area contributed by atoms with E-state index in [0.717, 1.165) is 54.3 Å². The Balaban J connectivity index is 1.20. The third kappa shape index (κ3) is 3.84. The predicted octanol–water partition coefficient (Wildman–Crippen LogP) is 3.48. The first kappa shape index (κ1) is 19.9. The molecule has 2 aliphatic rings. The van der Waals surface area contributed by atoms with Crippen molar-refractivity contribution < 1.29 is 4.79 Å². The van der Waals surface area contributed by atoms with Crippen LogP contribution in [0.1, 0.15) is 41.6 Å². The third-order valence-corrected chi connectivity index (χ3v) is 6.64. The summed E-state index contributed by atoms with van der Waals surface area (Å²) in [6.07, 6.45) is 2.33. The van der Waals surface area contributed by atoms with Crippen molar-refractivity contribution in [3.63, 3.8) is 0 Å². The lowest BCUT2D eigenvalue weighted by Gasteiger charge is -2.37. The number of rotatable bonds is 5. The minimum atomic E-state index is -0.286. The van der Waals surface area contributed by atoms with Gasteiger partial charge < -0.3 is 9.80 Å². The second-order valence-electron chi connectivity index (χ2n) is 8.86. The molecule has 0 unspecified atom stereocenters. The third-order valence-electron chi connectivity index (χ3n) is 6.64. The van der Waals surface area contributed by atoms with Crippen LogP contribution in [0.5, 0.6) is 0 Å². The fourth-order valence-corrected chi connectivity index (χ4v) is 4.67. The van der Waals surface area contributed by atoms with Gasteiger partial charge in [0.15, 0.2) is 11.5 Å². The van der Waals surface area contributed by atoms with Crippen molar-refractivity contribution >= 4 is 17.4 Å². The zero-order valence-electron chi connectivity index (χ0n) is 18.4. The van der Waals surface area contributed by atoms with Crippen LogP contribution in [-0.2, 0) is 4.79 Å². The van der Waals surface area contributed by atoms with Crippen LogP contribution in [0.15, 0.2) is 72.8 Å². The first-order chi connectivity index (χ1) is 16.3. The molecule has 1 amide bonds. The van der Waals surface area contributed by atoms with Crippen molar-refractivity contribution in [2.24, 2.45) is 0 Å². The summed E-state index contributed by atoms with van der Waals surface area (Å²) in [5.74, 6) is 2.25. The number of anilines is 1. The highest BCUT2D eigenvalue weighted by atomic mass is 16.2. The minimum absolute atomic E-state index is 0.158. The molecule has 7 nitrogen and oxygen atoms in total. The number of carbonyl (C=O) groups is 1. The maximum atomic E-state index is 13.7. The molecule has 1 aliphatic carbocycles. The summed E-state index contributed by atoms with van der Waals surface area (Å²) >= 11 is 0. The first-order valence-electron chi connectivity index (χ1n) is 11.6. The van der Waals surface area contributed by atoms with E-state index >= 15 is 0 Å². The Labute approximate surface area is 192 Å². The Bertz CT molecular complexity index is 1220. The summed E-state index contributed by atoms with van der Waals surface area (Å²) in [4.78, 5) is 17.9. The molecule has 2 fully saturated rings. The van der Waals surface area contributed by atoms with Crippen LogP contribution in [0.4, 0.5) is 5.82 Å². The maximum absolute atomic E-state index is 13.7. The zero-order valence-corrected chi connectivity index (χ0v) is 18.4. The Morgan fingerprint density at radius 2 is 1.42 bits per heavy atom. The van der Waals surface area contributed by atoms with Gasteiger partial charge in [-0.05, 0) is 36.1 Å². The van der Waals surface area contributed by atoms with Gasteiger partial charge in [-0.3, -0.25) is 4.79 Å². The van der Waals surface area contributed by atoms with Crippen molar-refractivity contribution in [1.29, 1.82) is 0 Å². The van der Waals surface area contributed by atoms with E-state index in [4.69, 9.17) is 5.10 Å². The van der Waals surface area contributed by atoms with E-state index in [2.05, 4.69) is 15.1 Å². The summed E-state index contributed by atoms with van der Waals surface area (Å²) in [7, 11) is 0. The van der Waals surface area contributed by atoms with Crippen LogP contribution in [0.2, 0.25) is 0 Å². The molecule has 2 aromatic heterocycles. The van der Waals surface area contributed by atoms with Gasteiger partial charge in [0.25, 0.3) is 0 Å². The smallest absolute Gasteiger partial charge is 0.234 e. The summed E-state index contributed by atoms with van der Waals surface area (Å²) < 4.78 is 1.89. The van der Waals surface area contributed by atoms with E-state index < -0.39 is 0 Å². The molecule has 33 heavy (non-hydrogen) atoms.